The fraction of sp³-hybridized carbons (Fsp3) is 0.417. The second-order valence-electron chi connectivity index (χ2n) is 3.48. The van der Waals surface area contributed by atoms with Crippen LogP contribution >= 0.6 is 0 Å². The van der Waals surface area contributed by atoms with Crippen molar-refractivity contribution < 1.29 is 14.6 Å². The standard InChI is InChI=1S/C12H16O3/c1-3-9(8-12(14)15-2)10-4-6-11(13)7-5-10/h4-7,9,13H,3,8H2,1-2H3. The molecule has 0 aliphatic carbocycles. The lowest BCUT2D eigenvalue weighted by Gasteiger charge is -2.13. The van der Waals surface area contributed by atoms with Crippen LogP contribution in [-0.2, 0) is 9.53 Å². The number of phenols is 1. The Hall–Kier alpha value is -1.51. The van der Waals surface area contributed by atoms with E-state index in [1.165, 1.54) is 7.11 Å². The molecule has 1 rings (SSSR count). The molecule has 0 radical (unpaired) electrons. The van der Waals surface area contributed by atoms with E-state index in [1.54, 1.807) is 12.1 Å². The average molecular weight is 208 g/mol. The van der Waals surface area contributed by atoms with E-state index in [0.717, 1.165) is 12.0 Å². The van der Waals surface area contributed by atoms with Gasteiger partial charge >= 0.3 is 5.97 Å². The molecule has 3 heteroatoms. The summed E-state index contributed by atoms with van der Waals surface area (Å²) in [6, 6.07) is 6.95. The summed E-state index contributed by atoms with van der Waals surface area (Å²) in [4.78, 5) is 11.1. The third-order valence-electron chi connectivity index (χ3n) is 2.50. The molecule has 1 aromatic carbocycles. The number of carbonyl (C=O) groups is 1. The molecule has 1 N–H and O–H groups in total. The van der Waals surface area contributed by atoms with Gasteiger partial charge in [-0.2, -0.15) is 0 Å². The molecule has 1 atom stereocenters. The fourth-order valence-corrected chi connectivity index (χ4v) is 1.53. The Morgan fingerprint density at radius 3 is 2.47 bits per heavy atom. The van der Waals surface area contributed by atoms with Crippen LogP contribution in [0.15, 0.2) is 24.3 Å². The molecule has 0 aromatic heterocycles. The van der Waals surface area contributed by atoms with E-state index < -0.39 is 0 Å². The van der Waals surface area contributed by atoms with Gasteiger partial charge in [0.1, 0.15) is 5.75 Å². The Bertz CT molecular complexity index is 316. The minimum absolute atomic E-state index is 0.165. The lowest BCUT2D eigenvalue weighted by Crippen LogP contribution is -2.07. The molecule has 0 bridgehead atoms. The van der Waals surface area contributed by atoms with E-state index in [0.29, 0.717) is 6.42 Å². The van der Waals surface area contributed by atoms with E-state index >= 15 is 0 Å². The summed E-state index contributed by atoms with van der Waals surface area (Å²) in [5, 5.41) is 9.15. The second-order valence-corrected chi connectivity index (χ2v) is 3.48. The first-order valence-electron chi connectivity index (χ1n) is 5.03. The number of aromatic hydroxyl groups is 1. The summed E-state index contributed by atoms with van der Waals surface area (Å²) in [6.07, 6.45) is 1.26. The van der Waals surface area contributed by atoms with Gasteiger partial charge in [0.15, 0.2) is 0 Å². The molecular formula is C12H16O3. The molecule has 3 nitrogen and oxygen atoms in total. The maximum Gasteiger partial charge on any atom is 0.306 e. The molecule has 1 aromatic rings. The summed E-state index contributed by atoms with van der Waals surface area (Å²) < 4.78 is 4.64. The maximum atomic E-state index is 11.1. The van der Waals surface area contributed by atoms with Crippen molar-refractivity contribution in [3.05, 3.63) is 29.8 Å². The molecule has 0 spiro atoms. The topological polar surface area (TPSA) is 46.5 Å². The quantitative estimate of drug-likeness (QED) is 0.773. The summed E-state index contributed by atoms with van der Waals surface area (Å²) in [5.74, 6) is 0.208. The van der Waals surface area contributed by atoms with Gasteiger partial charge in [-0.05, 0) is 30.0 Å². The third-order valence-corrected chi connectivity index (χ3v) is 2.50. The zero-order chi connectivity index (χ0) is 11.3. The Kier molecular flexibility index (Phi) is 4.16. The van der Waals surface area contributed by atoms with Crippen molar-refractivity contribution in [3.63, 3.8) is 0 Å². The van der Waals surface area contributed by atoms with Gasteiger partial charge in [-0.25, -0.2) is 0 Å². The predicted octanol–water partition coefficient (Wildman–Crippen LogP) is 2.45. The van der Waals surface area contributed by atoms with Gasteiger partial charge in [0.2, 0.25) is 0 Å². The molecule has 0 aliphatic heterocycles. The fourth-order valence-electron chi connectivity index (χ4n) is 1.53. The number of ether oxygens (including phenoxy) is 1. The maximum absolute atomic E-state index is 11.1. The number of rotatable bonds is 4. The van der Waals surface area contributed by atoms with Crippen LogP contribution in [0.2, 0.25) is 0 Å². The second kappa shape index (κ2) is 5.39. The molecule has 0 saturated heterocycles. The van der Waals surface area contributed by atoms with Gasteiger partial charge in [0.05, 0.1) is 13.5 Å². The van der Waals surface area contributed by atoms with Crippen LogP contribution in [0.4, 0.5) is 0 Å². The van der Waals surface area contributed by atoms with Crippen LogP contribution in [0.5, 0.6) is 5.75 Å². The molecule has 82 valence electrons. The van der Waals surface area contributed by atoms with Crippen LogP contribution in [0, 0.1) is 0 Å². The highest BCUT2D eigenvalue weighted by molar-refractivity contribution is 5.70. The van der Waals surface area contributed by atoms with E-state index in [4.69, 9.17) is 5.11 Å². The average Bonchev–Trinajstić information content (AvgIpc) is 2.27. The Morgan fingerprint density at radius 1 is 1.40 bits per heavy atom. The predicted molar refractivity (Wildman–Crippen MR) is 57.8 cm³/mol. The highest BCUT2D eigenvalue weighted by atomic mass is 16.5. The number of carbonyl (C=O) groups excluding carboxylic acids is 1. The van der Waals surface area contributed by atoms with Gasteiger partial charge in [0.25, 0.3) is 0 Å². The van der Waals surface area contributed by atoms with Crippen molar-refractivity contribution in [3.8, 4) is 5.75 Å². The van der Waals surface area contributed by atoms with Crippen molar-refractivity contribution in [2.45, 2.75) is 25.7 Å². The Balaban J connectivity index is 2.74. The normalized spacial score (nSPS) is 12.1. The van der Waals surface area contributed by atoms with E-state index in [-0.39, 0.29) is 17.6 Å². The van der Waals surface area contributed by atoms with Crippen LogP contribution in [0.1, 0.15) is 31.2 Å². The lowest BCUT2D eigenvalue weighted by molar-refractivity contribution is -0.141. The first-order valence-corrected chi connectivity index (χ1v) is 5.03. The lowest BCUT2D eigenvalue weighted by atomic mass is 9.93. The highest BCUT2D eigenvalue weighted by Crippen LogP contribution is 2.25. The number of hydrogen-bond donors (Lipinski definition) is 1. The Labute approximate surface area is 89.7 Å². The minimum atomic E-state index is -0.199. The highest BCUT2D eigenvalue weighted by Gasteiger charge is 2.14. The molecule has 0 amide bonds. The first kappa shape index (κ1) is 11.6. The number of phenolic OH excluding ortho intramolecular Hbond substituents is 1. The SMILES string of the molecule is CCC(CC(=O)OC)c1ccc(O)cc1. The van der Waals surface area contributed by atoms with E-state index in [9.17, 15) is 4.79 Å². The number of hydrogen-bond acceptors (Lipinski definition) is 3. The molecule has 0 aliphatic rings. The first-order chi connectivity index (χ1) is 7.17. The monoisotopic (exact) mass is 208 g/mol. The van der Waals surface area contributed by atoms with Crippen molar-refractivity contribution in [2.24, 2.45) is 0 Å². The van der Waals surface area contributed by atoms with Crippen molar-refractivity contribution in [2.75, 3.05) is 7.11 Å². The van der Waals surface area contributed by atoms with Crippen molar-refractivity contribution >= 4 is 5.97 Å². The third kappa shape index (κ3) is 3.27. The van der Waals surface area contributed by atoms with Crippen LogP contribution < -0.4 is 0 Å². The summed E-state index contributed by atoms with van der Waals surface area (Å²) in [7, 11) is 1.39. The van der Waals surface area contributed by atoms with E-state index in [2.05, 4.69) is 4.74 Å². The van der Waals surface area contributed by atoms with Gasteiger partial charge < -0.3 is 9.84 Å². The van der Waals surface area contributed by atoms with Crippen LogP contribution in [-0.4, -0.2) is 18.2 Å². The number of benzene rings is 1. The molecular weight excluding hydrogens is 192 g/mol. The molecule has 0 saturated carbocycles. The molecule has 15 heavy (non-hydrogen) atoms. The van der Waals surface area contributed by atoms with Gasteiger partial charge in [0, 0.05) is 0 Å². The number of methoxy groups -OCH3 is 1. The van der Waals surface area contributed by atoms with Gasteiger partial charge in [-0.1, -0.05) is 19.1 Å². The van der Waals surface area contributed by atoms with Gasteiger partial charge in [-0.15, -0.1) is 0 Å². The zero-order valence-corrected chi connectivity index (χ0v) is 9.06. The molecule has 1 unspecified atom stereocenters. The summed E-state index contributed by atoms with van der Waals surface area (Å²) >= 11 is 0. The number of esters is 1. The summed E-state index contributed by atoms with van der Waals surface area (Å²) in [5.41, 5.74) is 1.06. The zero-order valence-electron chi connectivity index (χ0n) is 9.06. The van der Waals surface area contributed by atoms with Crippen molar-refractivity contribution in [1.29, 1.82) is 0 Å². The summed E-state index contributed by atoms with van der Waals surface area (Å²) in [6.45, 7) is 2.03. The van der Waals surface area contributed by atoms with Gasteiger partial charge in [-0.3, -0.25) is 4.79 Å². The minimum Gasteiger partial charge on any atom is -0.508 e. The largest absolute Gasteiger partial charge is 0.508 e. The van der Waals surface area contributed by atoms with Crippen LogP contribution in [0.25, 0.3) is 0 Å². The van der Waals surface area contributed by atoms with Crippen LogP contribution in [0.3, 0.4) is 0 Å². The molecule has 0 fully saturated rings. The Morgan fingerprint density at radius 2 is 2.00 bits per heavy atom. The van der Waals surface area contributed by atoms with E-state index in [1.807, 2.05) is 19.1 Å². The van der Waals surface area contributed by atoms with Crippen molar-refractivity contribution in [1.82, 2.24) is 0 Å². The molecule has 0 heterocycles. The smallest absolute Gasteiger partial charge is 0.306 e.